The summed E-state index contributed by atoms with van der Waals surface area (Å²) in [5.41, 5.74) is 5.67. The van der Waals surface area contributed by atoms with Crippen LogP contribution in [0.2, 0.25) is 0 Å². The summed E-state index contributed by atoms with van der Waals surface area (Å²) in [6.07, 6.45) is 8.40. The second-order valence-electron chi connectivity index (χ2n) is 6.72. The first kappa shape index (κ1) is 16.9. The maximum absolute atomic E-state index is 13.5. The van der Waals surface area contributed by atoms with Gasteiger partial charge in [-0.15, -0.1) is 11.3 Å². The molecule has 0 atom stereocenters. The summed E-state index contributed by atoms with van der Waals surface area (Å²) in [5, 5.41) is 9.13. The molecule has 0 unspecified atom stereocenters. The van der Waals surface area contributed by atoms with Gasteiger partial charge in [0.1, 0.15) is 12.0 Å². The minimum Gasteiger partial charge on any atom is -0.353 e. The molecule has 0 aromatic carbocycles. The lowest BCUT2D eigenvalue weighted by Gasteiger charge is -2.00. The van der Waals surface area contributed by atoms with E-state index >= 15 is 0 Å². The van der Waals surface area contributed by atoms with Crippen LogP contribution in [0.25, 0.3) is 55.0 Å². The van der Waals surface area contributed by atoms with Crippen LogP contribution < -0.4 is 0 Å². The number of nitrogens with one attached hydrogen (secondary N) is 2. The molecule has 0 saturated carbocycles. The van der Waals surface area contributed by atoms with Gasteiger partial charge in [-0.05, 0) is 30.3 Å². The molecule has 0 aliphatic heterocycles. The van der Waals surface area contributed by atoms with Crippen molar-refractivity contribution in [3.8, 4) is 33.2 Å². The topological polar surface area (TPSA) is 96.0 Å². The number of halogens is 1. The highest BCUT2D eigenvalue weighted by atomic mass is 32.1. The maximum atomic E-state index is 13.5. The molecule has 0 aliphatic carbocycles. The van der Waals surface area contributed by atoms with Crippen molar-refractivity contribution in [2.75, 3.05) is 0 Å². The van der Waals surface area contributed by atoms with Crippen LogP contribution >= 0.6 is 11.3 Å². The van der Waals surface area contributed by atoms with E-state index in [0.29, 0.717) is 0 Å². The summed E-state index contributed by atoms with van der Waals surface area (Å²) in [7, 11) is 0. The minimum atomic E-state index is -0.234. The predicted octanol–water partition coefficient (Wildman–Crippen LogP) is 4.83. The third kappa shape index (κ3) is 2.67. The van der Waals surface area contributed by atoms with Crippen LogP contribution in [0.1, 0.15) is 0 Å². The second-order valence-corrected chi connectivity index (χ2v) is 7.76. The Morgan fingerprint density at radius 1 is 0.867 bits per heavy atom. The molecule has 7 nitrogen and oxygen atoms in total. The zero-order chi connectivity index (χ0) is 20.1. The lowest BCUT2D eigenvalue weighted by molar-refractivity contribution is 0.657. The van der Waals surface area contributed by atoms with Crippen molar-refractivity contribution in [3.05, 3.63) is 66.6 Å². The second kappa shape index (κ2) is 6.53. The number of thiophene rings is 1. The van der Waals surface area contributed by atoms with Gasteiger partial charge in [0.05, 0.1) is 33.7 Å². The van der Waals surface area contributed by atoms with E-state index in [-0.39, 0.29) is 5.13 Å². The fourth-order valence-corrected chi connectivity index (χ4v) is 4.27. The lowest BCUT2D eigenvalue weighted by Crippen LogP contribution is -1.86. The number of aromatic amines is 2. The van der Waals surface area contributed by atoms with Gasteiger partial charge in [0, 0.05) is 40.4 Å². The number of H-pyrrole nitrogens is 2. The molecular weight excluding hydrogens is 401 g/mol. The third-order valence-electron chi connectivity index (χ3n) is 4.91. The van der Waals surface area contributed by atoms with Gasteiger partial charge in [0.2, 0.25) is 0 Å². The van der Waals surface area contributed by atoms with Crippen LogP contribution in [-0.2, 0) is 0 Å². The van der Waals surface area contributed by atoms with E-state index in [2.05, 4.69) is 35.1 Å². The largest absolute Gasteiger partial charge is 0.353 e. The summed E-state index contributed by atoms with van der Waals surface area (Å²) in [5.74, 6) is 0. The SMILES string of the molecule is Fc1ccc(-c2nccc3[nH]c(-c4n[nH]c5cnc(-c6cncnc6)cc45)cc23)s1. The molecule has 0 amide bonds. The summed E-state index contributed by atoms with van der Waals surface area (Å²) in [6.45, 7) is 0. The molecule has 6 heterocycles. The number of fused-ring (bicyclic) bond motifs is 2. The molecule has 6 aromatic heterocycles. The molecule has 6 rings (SSSR count). The molecule has 0 fully saturated rings. The number of nitrogens with zero attached hydrogens (tertiary/aromatic N) is 5. The predicted molar refractivity (Wildman–Crippen MR) is 113 cm³/mol. The Balaban J connectivity index is 1.52. The maximum Gasteiger partial charge on any atom is 0.177 e. The van der Waals surface area contributed by atoms with Gasteiger partial charge in [-0.25, -0.2) is 9.97 Å². The Hall–Kier alpha value is -3.98. The highest BCUT2D eigenvalue weighted by Gasteiger charge is 2.16. The summed E-state index contributed by atoms with van der Waals surface area (Å²) < 4.78 is 13.5. The molecule has 0 spiro atoms. The zero-order valence-electron chi connectivity index (χ0n) is 15.3. The van der Waals surface area contributed by atoms with Crippen molar-refractivity contribution in [3.63, 3.8) is 0 Å². The van der Waals surface area contributed by atoms with Crippen LogP contribution in [0.3, 0.4) is 0 Å². The van der Waals surface area contributed by atoms with Gasteiger partial charge in [-0.3, -0.25) is 15.1 Å². The standard InChI is InChI=1S/C21H12FN7S/c22-19-2-1-18(30-19)21-12-6-16(27-14(12)3-4-25-21)20-13-5-15(11-7-23-10-24-8-11)26-9-17(13)28-29-20/h1-10,27H,(H,28,29). The summed E-state index contributed by atoms with van der Waals surface area (Å²) in [6, 6.07) is 9.06. The van der Waals surface area contributed by atoms with Gasteiger partial charge in [-0.2, -0.15) is 9.49 Å². The summed E-state index contributed by atoms with van der Waals surface area (Å²) in [4.78, 5) is 21.3. The number of aromatic nitrogens is 7. The van der Waals surface area contributed by atoms with Crippen molar-refractivity contribution < 1.29 is 4.39 Å². The van der Waals surface area contributed by atoms with Crippen molar-refractivity contribution in [2.24, 2.45) is 0 Å². The van der Waals surface area contributed by atoms with Crippen LogP contribution in [-0.4, -0.2) is 35.1 Å². The average Bonchev–Trinajstić information content (AvgIpc) is 3.51. The Morgan fingerprint density at radius 2 is 1.73 bits per heavy atom. The Kier molecular flexibility index (Phi) is 3.68. The molecule has 0 radical (unpaired) electrons. The highest BCUT2D eigenvalue weighted by molar-refractivity contribution is 7.13. The van der Waals surface area contributed by atoms with E-state index in [9.17, 15) is 4.39 Å². The van der Waals surface area contributed by atoms with Crippen LogP contribution in [0, 0.1) is 5.13 Å². The Morgan fingerprint density at radius 3 is 2.57 bits per heavy atom. The first-order chi connectivity index (χ1) is 14.8. The number of hydrogen-bond donors (Lipinski definition) is 2. The molecule has 0 saturated heterocycles. The Labute approximate surface area is 172 Å². The molecule has 6 aromatic rings. The number of pyridine rings is 2. The van der Waals surface area contributed by atoms with E-state index < -0.39 is 0 Å². The molecular formula is C21H12FN7S. The minimum absolute atomic E-state index is 0.234. The lowest BCUT2D eigenvalue weighted by atomic mass is 10.1. The fraction of sp³-hybridized carbons (Fsp3) is 0. The van der Waals surface area contributed by atoms with Gasteiger partial charge >= 0.3 is 0 Å². The van der Waals surface area contributed by atoms with Crippen molar-refractivity contribution in [1.82, 2.24) is 35.1 Å². The van der Waals surface area contributed by atoms with Crippen molar-refractivity contribution >= 4 is 33.1 Å². The average molecular weight is 413 g/mol. The van der Waals surface area contributed by atoms with Gasteiger partial charge in [-0.1, -0.05) is 0 Å². The molecule has 2 N–H and O–H groups in total. The van der Waals surface area contributed by atoms with E-state index in [1.165, 1.54) is 12.4 Å². The first-order valence-electron chi connectivity index (χ1n) is 9.09. The van der Waals surface area contributed by atoms with Crippen LogP contribution in [0.15, 0.2) is 61.4 Å². The number of rotatable bonds is 3. The van der Waals surface area contributed by atoms with E-state index in [0.717, 1.165) is 66.4 Å². The zero-order valence-corrected chi connectivity index (χ0v) is 16.1. The van der Waals surface area contributed by atoms with Gasteiger partial charge < -0.3 is 4.98 Å². The van der Waals surface area contributed by atoms with Crippen molar-refractivity contribution in [1.29, 1.82) is 0 Å². The van der Waals surface area contributed by atoms with Crippen LogP contribution in [0.4, 0.5) is 4.39 Å². The van der Waals surface area contributed by atoms with E-state index in [1.54, 1.807) is 30.9 Å². The molecule has 0 aliphatic rings. The third-order valence-corrected chi connectivity index (χ3v) is 5.79. The van der Waals surface area contributed by atoms with Gasteiger partial charge in [0.25, 0.3) is 0 Å². The van der Waals surface area contributed by atoms with Crippen LogP contribution in [0.5, 0.6) is 0 Å². The van der Waals surface area contributed by atoms with Gasteiger partial charge in [0.15, 0.2) is 5.13 Å². The normalized spacial score (nSPS) is 11.5. The summed E-state index contributed by atoms with van der Waals surface area (Å²) >= 11 is 1.08. The van der Waals surface area contributed by atoms with Crippen molar-refractivity contribution in [2.45, 2.75) is 0 Å². The molecule has 144 valence electrons. The smallest absolute Gasteiger partial charge is 0.177 e. The van der Waals surface area contributed by atoms with E-state index in [1.807, 2.05) is 18.2 Å². The molecule has 0 bridgehead atoms. The Bertz CT molecular complexity index is 1520. The molecule has 30 heavy (non-hydrogen) atoms. The quantitative estimate of drug-likeness (QED) is 0.433. The van der Waals surface area contributed by atoms with E-state index in [4.69, 9.17) is 0 Å². The molecule has 9 heteroatoms. The fourth-order valence-electron chi connectivity index (χ4n) is 3.53. The monoisotopic (exact) mass is 413 g/mol. The number of hydrogen-bond acceptors (Lipinski definition) is 6. The first-order valence-corrected chi connectivity index (χ1v) is 9.91. The highest BCUT2D eigenvalue weighted by Crippen LogP contribution is 2.35.